The molecule has 7 nitrogen and oxygen atoms in total. The van der Waals surface area contributed by atoms with Gasteiger partial charge in [-0.05, 0) is 55.5 Å². The Bertz CT molecular complexity index is 1150. The van der Waals surface area contributed by atoms with Gasteiger partial charge in [0, 0.05) is 19.3 Å². The first-order valence-electron chi connectivity index (χ1n) is 10.9. The Morgan fingerprint density at radius 2 is 1.91 bits per heavy atom. The summed E-state index contributed by atoms with van der Waals surface area (Å²) in [5.74, 6) is -0.461. The molecular formula is C23H24F4N6O. The molecule has 1 fully saturated rings. The lowest BCUT2D eigenvalue weighted by Gasteiger charge is -2.40. The van der Waals surface area contributed by atoms with Gasteiger partial charge in [-0.1, -0.05) is 6.92 Å². The zero-order chi connectivity index (χ0) is 24.5. The highest BCUT2D eigenvalue weighted by Crippen LogP contribution is 2.30. The van der Waals surface area contributed by atoms with Crippen molar-refractivity contribution in [2.75, 3.05) is 18.4 Å². The van der Waals surface area contributed by atoms with E-state index in [2.05, 4.69) is 20.5 Å². The number of hydrogen-bond acceptors (Lipinski definition) is 5. The Morgan fingerprint density at radius 1 is 1.18 bits per heavy atom. The van der Waals surface area contributed by atoms with Gasteiger partial charge in [0.25, 0.3) is 5.91 Å². The van der Waals surface area contributed by atoms with E-state index in [4.69, 9.17) is 0 Å². The van der Waals surface area contributed by atoms with Gasteiger partial charge in [-0.15, -0.1) is 0 Å². The van der Waals surface area contributed by atoms with Crippen molar-refractivity contribution < 1.29 is 22.4 Å². The van der Waals surface area contributed by atoms with Gasteiger partial charge >= 0.3 is 6.18 Å². The number of nitrogens with one attached hydrogen (secondary N) is 1. The fourth-order valence-electron chi connectivity index (χ4n) is 4.28. The summed E-state index contributed by atoms with van der Waals surface area (Å²) in [6, 6.07) is 4.70. The predicted molar refractivity (Wildman–Crippen MR) is 117 cm³/mol. The number of carbonyl (C=O) groups is 1. The second-order valence-corrected chi connectivity index (χ2v) is 8.38. The number of piperidine rings is 1. The quantitative estimate of drug-likeness (QED) is 0.550. The summed E-state index contributed by atoms with van der Waals surface area (Å²) in [4.78, 5) is 20.6. The van der Waals surface area contributed by atoms with Crippen LogP contribution in [0.1, 0.15) is 41.3 Å². The number of nitrogens with zero attached hydrogens (tertiary/aromatic N) is 5. The van der Waals surface area contributed by atoms with E-state index in [9.17, 15) is 22.4 Å². The Hall–Kier alpha value is -3.50. The first kappa shape index (κ1) is 23.7. The Labute approximate surface area is 193 Å². The molecule has 3 aromatic rings. The molecule has 0 aliphatic carbocycles. The summed E-state index contributed by atoms with van der Waals surface area (Å²) in [6.07, 6.45) is 0.920. The molecule has 1 N–H and O–H groups in total. The molecule has 2 atom stereocenters. The second kappa shape index (κ2) is 9.40. The van der Waals surface area contributed by atoms with Crippen molar-refractivity contribution in [1.82, 2.24) is 24.9 Å². The number of halogens is 4. The zero-order valence-corrected chi connectivity index (χ0v) is 18.7. The molecule has 0 bridgehead atoms. The highest BCUT2D eigenvalue weighted by Gasteiger charge is 2.35. The van der Waals surface area contributed by atoms with Crippen LogP contribution in [-0.4, -0.2) is 49.9 Å². The van der Waals surface area contributed by atoms with Crippen LogP contribution in [0.2, 0.25) is 0 Å². The van der Waals surface area contributed by atoms with Gasteiger partial charge in [-0.3, -0.25) is 4.79 Å². The molecule has 34 heavy (non-hydrogen) atoms. The molecule has 1 aliphatic rings. The SMILES string of the molecule is Cc1c(F)ccc(-n2nccn2)c1C(=O)N1CCC[C@@H](C)C1CNc1ccc(C(F)(F)F)cn1. The standard InChI is InChI=1S/C23H24F4N6O/c1-14-4-3-11-32(19(14)13-29-20-8-5-16(12-28-20)23(25,26)27)22(34)21-15(2)17(24)6-7-18(21)33-30-9-10-31-33/h5-10,12,14,19H,3-4,11,13H2,1-2H3,(H,28,29)/t14-,19?/m1/s1. The first-order valence-corrected chi connectivity index (χ1v) is 10.9. The van der Waals surface area contributed by atoms with Crippen molar-refractivity contribution in [1.29, 1.82) is 0 Å². The van der Waals surface area contributed by atoms with Crippen LogP contribution in [0.3, 0.4) is 0 Å². The third-order valence-electron chi connectivity index (χ3n) is 6.18. The van der Waals surface area contributed by atoms with Crippen LogP contribution in [-0.2, 0) is 6.18 Å². The van der Waals surface area contributed by atoms with Crippen LogP contribution < -0.4 is 5.32 Å². The van der Waals surface area contributed by atoms with Crippen molar-refractivity contribution in [3.8, 4) is 5.69 Å². The van der Waals surface area contributed by atoms with Crippen LogP contribution in [0.4, 0.5) is 23.4 Å². The Kier molecular flexibility index (Phi) is 6.54. The maximum absolute atomic E-state index is 14.5. The number of anilines is 1. The number of likely N-dealkylation sites (tertiary alicyclic amines) is 1. The number of pyridine rings is 1. The van der Waals surface area contributed by atoms with Crippen molar-refractivity contribution in [3.05, 3.63) is 65.4 Å². The molecule has 0 spiro atoms. The normalized spacial score (nSPS) is 18.7. The van der Waals surface area contributed by atoms with Gasteiger partial charge in [0.1, 0.15) is 11.6 Å². The topological polar surface area (TPSA) is 75.9 Å². The average Bonchev–Trinajstić information content (AvgIpc) is 3.34. The van der Waals surface area contributed by atoms with E-state index in [1.165, 1.54) is 35.4 Å². The van der Waals surface area contributed by atoms with E-state index < -0.39 is 17.6 Å². The smallest absolute Gasteiger partial charge is 0.368 e. The number of amides is 1. The molecule has 1 unspecified atom stereocenters. The molecular weight excluding hydrogens is 452 g/mol. The summed E-state index contributed by atoms with van der Waals surface area (Å²) >= 11 is 0. The van der Waals surface area contributed by atoms with Crippen molar-refractivity contribution in [3.63, 3.8) is 0 Å². The molecule has 180 valence electrons. The van der Waals surface area contributed by atoms with Crippen LogP contribution in [0, 0.1) is 18.7 Å². The van der Waals surface area contributed by atoms with Crippen molar-refractivity contribution in [2.45, 2.75) is 38.9 Å². The highest BCUT2D eigenvalue weighted by atomic mass is 19.4. The second-order valence-electron chi connectivity index (χ2n) is 8.38. The summed E-state index contributed by atoms with van der Waals surface area (Å²) in [5, 5.41) is 11.2. The highest BCUT2D eigenvalue weighted by molar-refractivity contribution is 5.99. The van der Waals surface area contributed by atoms with E-state index in [0.717, 1.165) is 25.1 Å². The van der Waals surface area contributed by atoms with Gasteiger partial charge in [-0.2, -0.15) is 28.2 Å². The van der Waals surface area contributed by atoms with Gasteiger partial charge < -0.3 is 10.2 Å². The lowest BCUT2D eigenvalue weighted by Crippen LogP contribution is -2.51. The van der Waals surface area contributed by atoms with E-state index in [-0.39, 0.29) is 41.4 Å². The summed E-state index contributed by atoms with van der Waals surface area (Å²) in [7, 11) is 0. The van der Waals surface area contributed by atoms with Crippen molar-refractivity contribution in [2.24, 2.45) is 5.92 Å². The van der Waals surface area contributed by atoms with Gasteiger partial charge in [0.2, 0.25) is 0 Å². The van der Waals surface area contributed by atoms with E-state index in [1.807, 2.05) is 6.92 Å². The maximum atomic E-state index is 14.5. The van der Waals surface area contributed by atoms with Crippen LogP contribution in [0.25, 0.3) is 5.69 Å². The fourth-order valence-corrected chi connectivity index (χ4v) is 4.28. The van der Waals surface area contributed by atoms with Crippen LogP contribution >= 0.6 is 0 Å². The van der Waals surface area contributed by atoms with E-state index in [1.54, 1.807) is 11.8 Å². The number of aromatic nitrogens is 4. The number of rotatable bonds is 5. The van der Waals surface area contributed by atoms with Crippen LogP contribution in [0.15, 0.2) is 42.9 Å². The molecule has 11 heteroatoms. The number of alkyl halides is 3. The van der Waals surface area contributed by atoms with Gasteiger partial charge in [0.05, 0.1) is 35.2 Å². The maximum Gasteiger partial charge on any atom is 0.417 e. The minimum atomic E-state index is -4.46. The molecule has 2 aromatic heterocycles. The third kappa shape index (κ3) is 4.73. The lowest BCUT2D eigenvalue weighted by atomic mass is 9.89. The molecule has 3 heterocycles. The van der Waals surface area contributed by atoms with E-state index in [0.29, 0.717) is 12.2 Å². The summed E-state index contributed by atoms with van der Waals surface area (Å²) in [6.45, 7) is 4.32. The van der Waals surface area contributed by atoms with Crippen LogP contribution in [0.5, 0.6) is 0 Å². The lowest BCUT2D eigenvalue weighted by molar-refractivity contribution is -0.137. The molecule has 0 radical (unpaired) electrons. The summed E-state index contributed by atoms with van der Waals surface area (Å²) < 4.78 is 52.9. The molecule has 4 rings (SSSR count). The Balaban J connectivity index is 1.59. The molecule has 0 saturated carbocycles. The average molecular weight is 476 g/mol. The predicted octanol–water partition coefficient (Wildman–Crippen LogP) is 4.48. The number of carbonyl (C=O) groups excluding carboxylic acids is 1. The minimum absolute atomic E-state index is 0.111. The van der Waals surface area contributed by atoms with Crippen molar-refractivity contribution >= 4 is 11.7 Å². The number of benzene rings is 1. The fraction of sp³-hybridized carbons (Fsp3) is 0.391. The zero-order valence-electron chi connectivity index (χ0n) is 18.7. The molecule has 1 aliphatic heterocycles. The van der Waals surface area contributed by atoms with Gasteiger partial charge in [0.15, 0.2) is 0 Å². The molecule has 1 aromatic carbocycles. The Morgan fingerprint density at radius 3 is 2.56 bits per heavy atom. The third-order valence-corrected chi connectivity index (χ3v) is 6.18. The van der Waals surface area contributed by atoms with E-state index >= 15 is 0 Å². The molecule has 1 amide bonds. The monoisotopic (exact) mass is 476 g/mol. The summed E-state index contributed by atoms with van der Waals surface area (Å²) in [5.41, 5.74) is -0.0671. The minimum Gasteiger partial charge on any atom is -0.368 e. The largest absolute Gasteiger partial charge is 0.417 e. The molecule has 1 saturated heterocycles. The number of hydrogen-bond donors (Lipinski definition) is 1. The first-order chi connectivity index (χ1) is 16.2. The van der Waals surface area contributed by atoms with Gasteiger partial charge in [-0.25, -0.2) is 9.37 Å².